The monoisotopic (exact) mass is 234 g/mol. The molecule has 15 heavy (non-hydrogen) atoms. The van der Waals surface area contributed by atoms with Crippen LogP contribution in [0.25, 0.3) is 0 Å². The zero-order chi connectivity index (χ0) is 11.6. The van der Waals surface area contributed by atoms with E-state index >= 15 is 0 Å². The third kappa shape index (κ3) is 2.52. The van der Waals surface area contributed by atoms with Crippen molar-refractivity contribution in [2.24, 2.45) is 0 Å². The molecule has 0 amide bonds. The summed E-state index contributed by atoms with van der Waals surface area (Å²) in [7, 11) is -2.95. The van der Waals surface area contributed by atoms with Crippen molar-refractivity contribution in [3.63, 3.8) is 0 Å². The van der Waals surface area contributed by atoms with Gasteiger partial charge in [-0.25, -0.2) is 8.42 Å². The van der Waals surface area contributed by atoms with E-state index in [1.54, 1.807) is 4.31 Å². The van der Waals surface area contributed by atoms with Gasteiger partial charge in [0.25, 0.3) is 0 Å². The van der Waals surface area contributed by atoms with Crippen LogP contribution in [0.4, 0.5) is 0 Å². The van der Waals surface area contributed by atoms with Crippen LogP contribution in [0.3, 0.4) is 0 Å². The molecule has 0 aliphatic carbocycles. The maximum Gasteiger partial charge on any atom is 0.211 e. The maximum absolute atomic E-state index is 11.3. The van der Waals surface area contributed by atoms with E-state index in [0.29, 0.717) is 25.2 Å². The fraction of sp³-hybridized carbons (Fsp3) is 1.00. The van der Waals surface area contributed by atoms with Crippen LogP contribution in [0, 0.1) is 0 Å². The first kappa shape index (κ1) is 12.9. The zero-order valence-electron chi connectivity index (χ0n) is 10.1. The van der Waals surface area contributed by atoms with Crippen molar-refractivity contribution in [3.8, 4) is 0 Å². The molecule has 0 N–H and O–H groups in total. The van der Waals surface area contributed by atoms with Crippen molar-refractivity contribution in [1.82, 2.24) is 9.21 Å². The van der Waals surface area contributed by atoms with Crippen molar-refractivity contribution >= 4 is 10.0 Å². The quantitative estimate of drug-likeness (QED) is 0.708. The van der Waals surface area contributed by atoms with E-state index in [2.05, 4.69) is 11.8 Å². The van der Waals surface area contributed by atoms with Gasteiger partial charge >= 0.3 is 0 Å². The highest BCUT2D eigenvalue weighted by atomic mass is 32.2. The van der Waals surface area contributed by atoms with Crippen LogP contribution in [0.1, 0.15) is 27.2 Å². The van der Waals surface area contributed by atoms with Gasteiger partial charge in [-0.1, -0.05) is 20.8 Å². The number of piperazine rings is 1. The molecular formula is C10H22N2O2S. The van der Waals surface area contributed by atoms with Gasteiger partial charge in [0.05, 0.1) is 6.26 Å². The minimum atomic E-state index is -2.95. The van der Waals surface area contributed by atoms with Crippen LogP contribution in [-0.4, -0.2) is 55.6 Å². The lowest BCUT2D eigenvalue weighted by molar-refractivity contribution is -0.0385. The number of rotatable bonds is 2. The number of hydrogen-bond acceptors (Lipinski definition) is 3. The molecule has 3 aliphatic heterocycles. The minimum absolute atomic E-state index is 0.485. The Balaban J connectivity index is 0.000000531. The summed E-state index contributed by atoms with van der Waals surface area (Å²) >= 11 is 0. The SMILES string of the molecule is CC.CCN1C2CC1CN(S(C)(=O)=O)C2. The third-order valence-corrected chi connectivity index (χ3v) is 4.38. The second kappa shape index (κ2) is 4.80. The lowest BCUT2D eigenvalue weighted by atomic mass is 9.89. The number of sulfonamides is 1. The van der Waals surface area contributed by atoms with Gasteiger partial charge in [0, 0.05) is 25.2 Å². The molecule has 3 aliphatic rings. The molecule has 5 heteroatoms. The molecule has 0 radical (unpaired) electrons. The van der Waals surface area contributed by atoms with E-state index in [0.717, 1.165) is 6.54 Å². The Morgan fingerprint density at radius 3 is 2.00 bits per heavy atom. The summed E-state index contributed by atoms with van der Waals surface area (Å²) in [6.45, 7) is 8.58. The lowest BCUT2D eigenvalue weighted by Crippen LogP contribution is -2.68. The van der Waals surface area contributed by atoms with Crippen molar-refractivity contribution in [1.29, 1.82) is 0 Å². The first-order valence-electron chi connectivity index (χ1n) is 5.73. The number of likely N-dealkylation sites (N-methyl/N-ethyl adjacent to an activating group) is 1. The summed E-state index contributed by atoms with van der Waals surface area (Å²) in [5, 5.41) is 0. The van der Waals surface area contributed by atoms with Crippen molar-refractivity contribution in [2.75, 3.05) is 25.9 Å². The molecule has 4 nitrogen and oxygen atoms in total. The van der Waals surface area contributed by atoms with Crippen LogP contribution >= 0.6 is 0 Å². The normalized spacial score (nSPS) is 31.5. The average Bonchev–Trinajstić information content (AvgIpc) is 2.20. The fourth-order valence-electron chi connectivity index (χ4n) is 2.44. The molecule has 0 spiro atoms. The van der Waals surface area contributed by atoms with Crippen LogP contribution in [-0.2, 0) is 10.0 Å². The largest absolute Gasteiger partial charge is 0.295 e. The summed E-state index contributed by atoms with van der Waals surface area (Å²) in [4.78, 5) is 2.39. The van der Waals surface area contributed by atoms with Crippen LogP contribution in [0.5, 0.6) is 0 Å². The number of nitrogens with zero attached hydrogens (tertiary/aromatic N) is 2. The Kier molecular flexibility index (Phi) is 4.14. The van der Waals surface area contributed by atoms with E-state index in [4.69, 9.17) is 0 Å². The van der Waals surface area contributed by atoms with E-state index in [1.165, 1.54) is 12.7 Å². The van der Waals surface area contributed by atoms with Gasteiger partial charge in [-0.2, -0.15) is 4.31 Å². The molecule has 2 unspecified atom stereocenters. The molecule has 0 aromatic rings. The Labute approximate surface area is 93.3 Å². The molecule has 0 aromatic carbocycles. The molecule has 2 atom stereocenters. The van der Waals surface area contributed by atoms with Gasteiger partial charge in [0.15, 0.2) is 0 Å². The molecule has 3 saturated heterocycles. The van der Waals surface area contributed by atoms with Crippen molar-refractivity contribution in [3.05, 3.63) is 0 Å². The maximum atomic E-state index is 11.3. The molecule has 90 valence electrons. The summed E-state index contributed by atoms with van der Waals surface area (Å²) in [5.74, 6) is 0. The van der Waals surface area contributed by atoms with Crippen LogP contribution in [0.2, 0.25) is 0 Å². The standard InChI is InChI=1S/C8H16N2O2S.C2H6/c1-3-10-7-4-8(10)6-9(5-7)13(2,11)12;1-2/h7-8H,3-6H2,1-2H3;1-2H3. The lowest BCUT2D eigenvalue weighted by Gasteiger charge is -2.55. The van der Waals surface area contributed by atoms with Gasteiger partial charge < -0.3 is 0 Å². The highest BCUT2D eigenvalue weighted by Gasteiger charge is 2.45. The predicted molar refractivity (Wildman–Crippen MR) is 62.3 cm³/mol. The Morgan fingerprint density at radius 2 is 1.67 bits per heavy atom. The third-order valence-electron chi connectivity index (χ3n) is 3.15. The number of piperidine rings is 1. The molecule has 3 rings (SSSR count). The predicted octanol–water partition coefficient (Wildman–Crippen LogP) is 0.751. The molecule has 0 saturated carbocycles. The van der Waals surface area contributed by atoms with E-state index < -0.39 is 10.0 Å². The van der Waals surface area contributed by atoms with Gasteiger partial charge in [-0.05, 0) is 13.0 Å². The Hall–Kier alpha value is -0.130. The van der Waals surface area contributed by atoms with Gasteiger partial charge in [0.1, 0.15) is 0 Å². The fourth-order valence-corrected chi connectivity index (χ4v) is 3.32. The van der Waals surface area contributed by atoms with E-state index in [1.807, 2.05) is 13.8 Å². The average molecular weight is 234 g/mol. The van der Waals surface area contributed by atoms with Crippen LogP contribution in [0.15, 0.2) is 0 Å². The van der Waals surface area contributed by atoms with E-state index in [9.17, 15) is 8.42 Å². The summed E-state index contributed by atoms with van der Waals surface area (Å²) in [6, 6.07) is 0.969. The minimum Gasteiger partial charge on any atom is -0.295 e. The first-order chi connectivity index (χ1) is 7.02. The van der Waals surface area contributed by atoms with Gasteiger partial charge in [-0.15, -0.1) is 0 Å². The molecule has 2 bridgehead atoms. The van der Waals surface area contributed by atoms with Gasteiger partial charge in [0.2, 0.25) is 10.0 Å². The Morgan fingerprint density at radius 1 is 1.20 bits per heavy atom. The molecular weight excluding hydrogens is 212 g/mol. The number of fused-ring (bicyclic) bond motifs is 2. The highest BCUT2D eigenvalue weighted by molar-refractivity contribution is 7.88. The smallest absolute Gasteiger partial charge is 0.211 e. The summed E-state index contributed by atoms with van der Waals surface area (Å²) in [6.07, 6.45) is 2.48. The molecule has 3 heterocycles. The summed E-state index contributed by atoms with van der Waals surface area (Å²) in [5.41, 5.74) is 0. The topological polar surface area (TPSA) is 40.6 Å². The van der Waals surface area contributed by atoms with Crippen LogP contribution < -0.4 is 0 Å². The molecule has 3 fully saturated rings. The van der Waals surface area contributed by atoms with Gasteiger partial charge in [-0.3, -0.25) is 4.90 Å². The van der Waals surface area contributed by atoms with E-state index in [-0.39, 0.29) is 0 Å². The second-order valence-electron chi connectivity index (χ2n) is 3.95. The first-order valence-corrected chi connectivity index (χ1v) is 7.58. The second-order valence-corrected chi connectivity index (χ2v) is 5.94. The number of hydrogen-bond donors (Lipinski definition) is 0. The van der Waals surface area contributed by atoms with Crippen molar-refractivity contribution in [2.45, 2.75) is 39.3 Å². The molecule has 0 aromatic heterocycles. The Bertz CT molecular complexity index is 291. The highest BCUT2D eigenvalue weighted by Crippen LogP contribution is 2.32. The summed E-state index contributed by atoms with van der Waals surface area (Å²) < 4.78 is 24.1. The zero-order valence-corrected chi connectivity index (χ0v) is 10.9. The van der Waals surface area contributed by atoms with Crippen molar-refractivity contribution < 1.29 is 8.42 Å².